The Hall–Kier alpha value is -3.80. The van der Waals surface area contributed by atoms with Gasteiger partial charge >= 0.3 is 11.9 Å². The summed E-state index contributed by atoms with van der Waals surface area (Å²) >= 11 is 6.04. The van der Waals surface area contributed by atoms with Crippen molar-refractivity contribution in [2.45, 2.75) is 25.1 Å². The average molecular weight is 477 g/mol. The number of aromatic nitrogens is 6. The van der Waals surface area contributed by atoms with Gasteiger partial charge in [0.1, 0.15) is 17.5 Å². The molecule has 0 aromatic carbocycles. The third kappa shape index (κ3) is 4.29. The van der Waals surface area contributed by atoms with Crippen LogP contribution in [0.2, 0.25) is 5.02 Å². The molecule has 0 spiro atoms. The van der Waals surface area contributed by atoms with Gasteiger partial charge in [0.05, 0.1) is 27.5 Å². The third-order valence-electron chi connectivity index (χ3n) is 4.98. The van der Waals surface area contributed by atoms with Crippen molar-refractivity contribution in [2.24, 2.45) is 0 Å². The summed E-state index contributed by atoms with van der Waals surface area (Å²) in [6, 6.07) is 2.76. The van der Waals surface area contributed by atoms with E-state index < -0.39 is 17.4 Å². The number of hydrogen-bond acceptors (Lipinski definition) is 6. The fourth-order valence-electron chi connectivity index (χ4n) is 3.20. The lowest BCUT2D eigenvalue weighted by Gasteiger charge is -2.13. The molecule has 1 saturated carbocycles. The van der Waals surface area contributed by atoms with E-state index in [0.29, 0.717) is 45.8 Å². The van der Waals surface area contributed by atoms with Crippen LogP contribution >= 0.6 is 11.6 Å². The molecule has 0 amide bonds. The van der Waals surface area contributed by atoms with Crippen molar-refractivity contribution in [3.63, 3.8) is 0 Å². The van der Waals surface area contributed by atoms with Gasteiger partial charge < -0.3 is 20.6 Å². The van der Waals surface area contributed by atoms with Crippen molar-refractivity contribution in [3.8, 4) is 0 Å². The average Bonchev–Trinajstić information content (AvgIpc) is 3.37. The van der Waals surface area contributed by atoms with Crippen molar-refractivity contribution in [2.75, 3.05) is 10.6 Å². The van der Waals surface area contributed by atoms with Crippen molar-refractivity contribution in [1.29, 1.82) is 0 Å². The second-order valence-corrected chi connectivity index (χ2v) is 7.98. The lowest BCUT2D eigenvalue weighted by atomic mass is 10.2. The van der Waals surface area contributed by atoms with Crippen molar-refractivity contribution in [1.82, 2.24) is 29.5 Å². The van der Waals surface area contributed by atoms with E-state index >= 15 is 0 Å². The summed E-state index contributed by atoms with van der Waals surface area (Å²) in [4.78, 5) is 25.1. The van der Waals surface area contributed by atoms with E-state index in [9.17, 15) is 18.0 Å². The minimum absolute atomic E-state index is 0.0268. The molecule has 5 rings (SSSR count). The molecular formula is C20H16ClF3N8O. The Morgan fingerprint density at radius 1 is 1.24 bits per heavy atom. The van der Waals surface area contributed by atoms with Gasteiger partial charge in [-0.2, -0.15) is 22.8 Å². The highest BCUT2D eigenvalue weighted by Gasteiger charge is 2.31. The number of nitrogens with zero attached hydrogens (tertiary/aromatic N) is 4. The Kier molecular flexibility index (Phi) is 4.89. The summed E-state index contributed by atoms with van der Waals surface area (Å²) < 4.78 is 40.4. The summed E-state index contributed by atoms with van der Waals surface area (Å²) in [5.74, 6) is 0.955. The van der Waals surface area contributed by atoms with Gasteiger partial charge in [0.25, 0.3) is 0 Å². The van der Waals surface area contributed by atoms with Gasteiger partial charge in [-0.3, -0.25) is 0 Å². The van der Waals surface area contributed by atoms with Gasteiger partial charge in [0, 0.05) is 23.9 Å². The van der Waals surface area contributed by atoms with E-state index in [4.69, 9.17) is 11.6 Å². The minimum atomic E-state index is -4.55. The molecule has 1 aliphatic rings. The largest absolute Gasteiger partial charge is 0.417 e. The van der Waals surface area contributed by atoms with E-state index in [1.54, 1.807) is 22.9 Å². The zero-order valence-electron chi connectivity index (χ0n) is 16.8. The summed E-state index contributed by atoms with van der Waals surface area (Å²) in [6.45, 7) is 3.78. The van der Waals surface area contributed by atoms with Crippen LogP contribution < -0.4 is 27.0 Å². The van der Waals surface area contributed by atoms with Gasteiger partial charge in [-0.05, 0) is 25.0 Å². The molecule has 4 N–H and O–H groups in total. The molecule has 0 saturated heterocycles. The summed E-state index contributed by atoms with van der Waals surface area (Å²) in [5.41, 5.74) is -0.316. The highest BCUT2D eigenvalue weighted by molar-refractivity contribution is 6.33. The maximum absolute atomic E-state index is 12.9. The molecule has 4 aromatic rings. The highest BCUT2D eigenvalue weighted by Crippen LogP contribution is 2.34. The Morgan fingerprint density at radius 3 is 2.67 bits per heavy atom. The van der Waals surface area contributed by atoms with Crippen LogP contribution in [0.4, 0.5) is 30.6 Å². The first-order chi connectivity index (χ1) is 15.7. The minimum Gasteiger partial charge on any atom is -0.367 e. The number of H-pyrrole nitrogens is 2. The molecule has 1 fully saturated rings. The number of nitrogens with one attached hydrogen (secondary N) is 4. The Balaban J connectivity index is 1.59. The van der Waals surface area contributed by atoms with Crippen LogP contribution in [0.1, 0.15) is 24.0 Å². The zero-order chi connectivity index (χ0) is 23.3. The number of fused-ring (bicyclic) bond motifs is 1. The third-order valence-corrected chi connectivity index (χ3v) is 5.27. The number of aromatic amines is 2. The zero-order valence-corrected chi connectivity index (χ0v) is 17.6. The predicted molar refractivity (Wildman–Crippen MR) is 117 cm³/mol. The predicted octanol–water partition coefficient (Wildman–Crippen LogP) is 2.37. The van der Waals surface area contributed by atoms with Crippen LogP contribution in [-0.4, -0.2) is 35.6 Å². The van der Waals surface area contributed by atoms with E-state index in [-0.39, 0.29) is 10.8 Å². The standard InChI is InChI=1S/C20H16ClF3N8O/c1-9-14(29-19(33)27-9)4-10-7-26-32-16(28-12-2-3-12)6-15(31-18(10)32)30-17-13(21)5-11(8-25-17)20(22,23)24/h4-8,12,28H,1-3H2,(H,25,30,31)(H2,27,29,33)/b14-4-. The number of imidazole rings is 1. The molecule has 13 heteroatoms. The number of halogens is 4. The fraction of sp³-hybridized carbons (Fsp3) is 0.200. The highest BCUT2D eigenvalue weighted by atomic mass is 35.5. The van der Waals surface area contributed by atoms with E-state index in [1.807, 2.05) is 0 Å². The Bertz CT molecular complexity index is 1530. The number of pyridine rings is 1. The van der Waals surface area contributed by atoms with E-state index in [0.717, 1.165) is 18.9 Å². The Morgan fingerprint density at radius 2 is 2.03 bits per heavy atom. The normalized spacial score (nSPS) is 14.7. The molecule has 0 aliphatic heterocycles. The lowest BCUT2D eigenvalue weighted by molar-refractivity contribution is -0.137. The van der Waals surface area contributed by atoms with Crippen LogP contribution in [0, 0.1) is 0 Å². The monoisotopic (exact) mass is 476 g/mol. The van der Waals surface area contributed by atoms with Gasteiger partial charge in [0.2, 0.25) is 0 Å². The molecule has 170 valence electrons. The quantitative estimate of drug-likeness (QED) is 0.351. The van der Waals surface area contributed by atoms with Crippen LogP contribution in [-0.2, 0) is 6.18 Å². The van der Waals surface area contributed by atoms with Crippen molar-refractivity contribution < 1.29 is 13.2 Å². The molecule has 0 bridgehead atoms. The maximum Gasteiger partial charge on any atom is 0.417 e. The summed E-state index contributed by atoms with van der Waals surface area (Å²) in [6.07, 6.45) is 1.42. The summed E-state index contributed by atoms with van der Waals surface area (Å²) in [7, 11) is 0. The first-order valence-electron chi connectivity index (χ1n) is 9.81. The topological polar surface area (TPSA) is 116 Å². The molecule has 0 atom stereocenters. The molecule has 33 heavy (non-hydrogen) atoms. The van der Waals surface area contributed by atoms with E-state index in [2.05, 4.69) is 42.2 Å². The van der Waals surface area contributed by atoms with Crippen LogP contribution in [0.25, 0.3) is 18.3 Å². The molecule has 9 nitrogen and oxygen atoms in total. The SMILES string of the molecule is C=c1[nH]c(=O)[nH]/c1=C\c1cnn2c(NC3CC3)cc(Nc3ncc(C(F)(F)F)cc3Cl)nc12. The van der Waals surface area contributed by atoms with Gasteiger partial charge in [-0.15, -0.1) is 0 Å². The number of anilines is 3. The summed E-state index contributed by atoms with van der Waals surface area (Å²) in [5, 5.41) is 11.3. The molecule has 0 radical (unpaired) electrons. The molecular weight excluding hydrogens is 461 g/mol. The first-order valence-corrected chi connectivity index (χ1v) is 10.2. The van der Waals surface area contributed by atoms with Crippen LogP contribution in [0.15, 0.2) is 29.3 Å². The molecule has 4 aromatic heterocycles. The molecule has 0 unspecified atom stereocenters. The van der Waals surface area contributed by atoms with Crippen LogP contribution in [0.3, 0.4) is 0 Å². The maximum atomic E-state index is 12.9. The van der Waals surface area contributed by atoms with Crippen molar-refractivity contribution in [3.05, 3.63) is 61.9 Å². The molecule has 1 aliphatic carbocycles. The van der Waals surface area contributed by atoms with Gasteiger partial charge in [0.15, 0.2) is 5.65 Å². The lowest BCUT2D eigenvalue weighted by Crippen LogP contribution is -2.22. The first kappa shape index (κ1) is 21.1. The van der Waals surface area contributed by atoms with Crippen molar-refractivity contribution >= 4 is 47.4 Å². The van der Waals surface area contributed by atoms with E-state index in [1.165, 1.54) is 0 Å². The number of hydrogen-bond donors (Lipinski definition) is 4. The number of alkyl halides is 3. The second kappa shape index (κ2) is 7.66. The van der Waals surface area contributed by atoms with Crippen LogP contribution in [0.5, 0.6) is 0 Å². The smallest absolute Gasteiger partial charge is 0.367 e. The number of rotatable bonds is 5. The van der Waals surface area contributed by atoms with Gasteiger partial charge in [-0.1, -0.05) is 18.2 Å². The Labute approximate surface area is 188 Å². The fourth-order valence-corrected chi connectivity index (χ4v) is 3.42. The van der Waals surface area contributed by atoms with Gasteiger partial charge in [-0.25, -0.2) is 14.8 Å². The second-order valence-electron chi connectivity index (χ2n) is 7.57. The molecule has 4 heterocycles.